The Morgan fingerprint density at radius 1 is 1.38 bits per heavy atom. The van der Waals surface area contributed by atoms with Crippen LogP contribution >= 0.6 is 23.2 Å². The molecule has 0 spiro atoms. The predicted molar refractivity (Wildman–Crippen MR) is 46.2 cm³/mol. The van der Waals surface area contributed by atoms with Crippen LogP contribution in [0.4, 0.5) is 0 Å². The molecule has 7 heteroatoms. The van der Waals surface area contributed by atoms with E-state index in [-0.39, 0.29) is 29.6 Å². The molecule has 0 fully saturated rings. The Bertz CT molecular complexity index is 338. The van der Waals surface area contributed by atoms with Crippen LogP contribution in [0.1, 0.15) is 0 Å². The van der Waals surface area contributed by atoms with Crippen LogP contribution in [0.15, 0.2) is 24.3 Å². The van der Waals surface area contributed by atoms with Gasteiger partial charge in [0.25, 0.3) is 0 Å². The van der Waals surface area contributed by atoms with E-state index in [0.717, 1.165) is 6.08 Å². The minimum Gasteiger partial charge on any atom is -0.746 e. The zero-order chi connectivity index (χ0) is 9.41. The Morgan fingerprint density at radius 3 is 2.23 bits per heavy atom. The van der Waals surface area contributed by atoms with Gasteiger partial charge in [0.1, 0.15) is 10.1 Å². The first-order valence-electron chi connectivity index (χ1n) is 3.02. The first kappa shape index (κ1) is 14.0. The van der Waals surface area contributed by atoms with Crippen LogP contribution in [-0.2, 0) is 10.1 Å². The number of allylic oxidation sites excluding steroid dienone is 3. The van der Waals surface area contributed by atoms with E-state index in [4.69, 9.17) is 23.2 Å². The van der Waals surface area contributed by atoms with E-state index >= 15 is 0 Å². The van der Waals surface area contributed by atoms with Crippen molar-refractivity contribution < 1.29 is 42.5 Å². The second-order valence-electron chi connectivity index (χ2n) is 2.30. The SMILES string of the molecule is O=S(=O)([O-])C1(Cl)C=CC=CC1Cl.[Na+]. The summed E-state index contributed by atoms with van der Waals surface area (Å²) in [6.07, 6.45) is 5.34. The van der Waals surface area contributed by atoms with E-state index in [1.54, 1.807) is 0 Å². The summed E-state index contributed by atoms with van der Waals surface area (Å²) in [6, 6.07) is 0. The summed E-state index contributed by atoms with van der Waals surface area (Å²) in [5.74, 6) is 0. The number of alkyl halides is 2. The van der Waals surface area contributed by atoms with Gasteiger partial charge in [0.2, 0.25) is 0 Å². The molecule has 1 aliphatic rings. The average molecular weight is 251 g/mol. The Kier molecular flexibility index (Phi) is 5.01. The molecule has 0 aromatic rings. The summed E-state index contributed by atoms with van der Waals surface area (Å²) in [4.78, 5) is 0. The topological polar surface area (TPSA) is 57.2 Å². The minimum absolute atomic E-state index is 0. The van der Waals surface area contributed by atoms with Gasteiger partial charge in [-0.05, 0) is 6.08 Å². The van der Waals surface area contributed by atoms with Crippen LogP contribution in [0.5, 0.6) is 0 Å². The third-order valence-corrected chi connectivity index (χ3v) is 4.29. The molecule has 68 valence electrons. The van der Waals surface area contributed by atoms with Crippen molar-refractivity contribution in [3.05, 3.63) is 24.3 Å². The molecule has 0 aromatic carbocycles. The second-order valence-corrected chi connectivity index (χ2v) is 5.20. The van der Waals surface area contributed by atoms with Gasteiger partial charge in [-0.1, -0.05) is 29.8 Å². The van der Waals surface area contributed by atoms with E-state index in [1.807, 2.05) is 0 Å². The van der Waals surface area contributed by atoms with E-state index in [1.165, 1.54) is 18.2 Å². The smallest absolute Gasteiger partial charge is 0.746 e. The first-order valence-corrected chi connectivity index (χ1v) is 5.24. The maximum atomic E-state index is 10.7. The molecule has 0 bridgehead atoms. The number of rotatable bonds is 1. The van der Waals surface area contributed by atoms with Crippen LogP contribution in [0, 0.1) is 0 Å². The van der Waals surface area contributed by atoms with Crippen molar-refractivity contribution in [2.45, 2.75) is 9.58 Å². The Balaban J connectivity index is 0.00000144. The van der Waals surface area contributed by atoms with Crippen LogP contribution < -0.4 is 29.6 Å². The fourth-order valence-electron chi connectivity index (χ4n) is 0.793. The maximum absolute atomic E-state index is 10.7. The van der Waals surface area contributed by atoms with Gasteiger partial charge in [-0.3, -0.25) is 0 Å². The summed E-state index contributed by atoms with van der Waals surface area (Å²) in [5.41, 5.74) is 0. The number of hydrogen-bond donors (Lipinski definition) is 0. The first-order chi connectivity index (χ1) is 5.38. The van der Waals surface area contributed by atoms with Gasteiger partial charge in [-0.2, -0.15) is 0 Å². The van der Waals surface area contributed by atoms with Crippen molar-refractivity contribution in [3.8, 4) is 0 Å². The zero-order valence-corrected chi connectivity index (χ0v) is 11.1. The predicted octanol–water partition coefficient (Wildman–Crippen LogP) is -1.80. The number of hydrogen-bond acceptors (Lipinski definition) is 3. The van der Waals surface area contributed by atoms with Crippen LogP contribution in [0.3, 0.4) is 0 Å². The summed E-state index contributed by atoms with van der Waals surface area (Å²) >= 11 is 11.1. The monoisotopic (exact) mass is 250 g/mol. The van der Waals surface area contributed by atoms with Gasteiger partial charge in [-0.25, -0.2) is 8.42 Å². The minimum atomic E-state index is -4.63. The van der Waals surface area contributed by atoms with Crippen molar-refractivity contribution in [1.82, 2.24) is 0 Å². The van der Waals surface area contributed by atoms with Gasteiger partial charge >= 0.3 is 29.6 Å². The van der Waals surface area contributed by atoms with E-state index < -0.39 is 19.7 Å². The molecule has 3 nitrogen and oxygen atoms in total. The molecule has 13 heavy (non-hydrogen) atoms. The molecule has 0 amide bonds. The quantitative estimate of drug-likeness (QED) is 0.314. The third-order valence-electron chi connectivity index (χ3n) is 1.47. The summed E-state index contributed by atoms with van der Waals surface area (Å²) < 4.78 is 29.9. The maximum Gasteiger partial charge on any atom is 1.00 e. The molecule has 1 aliphatic carbocycles. The van der Waals surface area contributed by atoms with Gasteiger partial charge in [0.05, 0.1) is 5.38 Å². The second kappa shape index (κ2) is 4.66. The standard InChI is InChI=1S/C6H6Cl2O3S.Na/c7-5-3-1-2-4-6(5,8)12(9,10)11;/h1-5H,(H,9,10,11);/q;+1/p-1. The molecule has 0 radical (unpaired) electrons. The van der Waals surface area contributed by atoms with Crippen molar-refractivity contribution >= 4 is 33.3 Å². The normalized spacial score (nSPS) is 32.7. The van der Waals surface area contributed by atoms with E-state index in [2.05, 4.69) is 0 Å². The third kappa shape index (κ3) is 2.72. The molecule has 1 rings (SSSR count). The molecule has 2 unspecified atom stereocenters. The van der Waals surface area contributed by atoms with Crippen molar-refractivity contribution in [3.63, 3.8) is 0 Å². The summed E-state index contributed by atoms with van der Waals surface area (Å²) in [5, 5.41) is -1.02. The molecule has 0 saturated heterocycles. The molecular weight excluding hydrogens is 246 g/mol. The van der Waals surface area contributed by atoms with Gasteiger partial charge < -0.3 is 4.55 Å². The zero-order valence-electron chi connectivity index (χ0n) is 6.78. The fraction of sp³-hybridized carbons (Fsp3) is 0.333. The largest absolute Gasteiger partial charge is 1.00 e. The molecule has 0 aliphatic heterocycles. The van der Waals surface area contributed by atoms with Crippen LogP contribution in [-0.4, -0.2) is 22.6 Å². The van der Waals surface area contributed by atoms with Crippen molar-refractivity contribution in [2.24, 2.45) is 0 Å². The van der Waals surface area contributed by atoms with Crippen LogP contribution in [0.2, 0.25) is 0 Å². The van der Waals surface area contributed by atoms with Gasteiger partial charge in [0, 0.05) is 0 Å². The van der Waals surface area contributed by atoms with Crippen molar-refractivity contribution in [2.75, 3.05) is 0 Å². The van der Waals surface area contributed by atoms with Crippen LogP contribution in [0.25, 0.3) is 0 Å². The fourth-order valence-corrected chi connectivity index (χ4v) is 2.02. The van der Waals surface area contributed by atoms with Gasteiger partial charge in [-0.15, -0.1) is 11.6 Å². The summed E-state index contributed by atoms with van der Waals surface area (Å²) in [6.45, 7) is 0. The Hall–Kier alpha value is 0.970. The summed E-state index contributed by atoms with van der Waals surface area (Å²) in [7, 11) is -4.63. The van der Waals surface area contributed by atoms with E-state index in [0.29, 0.717) is 0 Å². The molecule has 0 saturated carbocycles. The Morgan fingerprint density at radius 2 is 1.92 bits per heavy atom. The van der Waals surface area contributed by atoms with E-state index in [9.17, 15) is 13.0 Å². The molecule has 2 atom stereocenters. The van der Waals surface area contributed by atoms with Crippen molar-refractivity contribution in [1.29, 1.82) is 0 Å². The molecule has 0 heterocycles. The molecule has 0 N–H and O–H groups in total. The average Bonchev–Trinajstić information content (AvgIpc) is 1.93. The Labute approximate surface area is 109 Å². The van der Waals surface area contributed by atoms with Gasteiger partial charge in [0.15, 0.2) is 4.21 Å². The number of halogens is 2. The molecule has 0 aromatic heterocycles. The molecular formula is C6H5Cl2NaO3S.